The number of nitrogens with one attached hydrogen (secondary N) is 1. The zero-order valence-electron chi connectivity index (χ0n) is 15.7. The van der Waals surface area contributed by atoms with Crippen LogP contribution in [0.15, 0.2) is 12.1 Å². The van der Waals surface area contributed by atoms with Crippen LogP contribution in [0.5, 0.6) is 11.5 Å². The molecule has 146 valence electrons. The summed E-state index contributed by atoms with van der Waals surface area (Å²) < 4.78 is 17.4. The standard InChI is InChI=1S/C18H24N4O4S/c1-18(2,3)26-17(23)22-7-6-10(19)11(8-22)20-16-21-14-13(27-16)5-4-12-15(14)25-9-24-12/h4-5,10-11H,6-9,19H2,1-3H3,(H,20,21)/t10-,11+/m0/s1. The molecular formula is C18H24N4O4S. The molecule has 0 spiro atoms. The number of likely N-dealkylation sites (tertiary alicyclic amines) is 1. The van der Waals surface area contributed by atoms with Crippen LogP contribution in [0.3, 0.4) is 0 Å². The van der Waals surface area contributed by atoms with Crippen LogP contribution < -0.4 is 20.5 Å². The van der Waals surface area contributed by atoms with Crippen molar-refractivity contribution in [2.24, 2.45) is 5.73 Å². The second kappa shape index (κ2) is 6.72. The molecule has 3 heterocycles. The molecule has 27 heavy (non-hydrogen) atoms. The highest BCUT2D eigenvalue weighted by Crippen LogP contribution is 2.41. The van der Waals surface area contributed by atoms with E-state index in [4.69, 9.17) is 19.9 Å². The van der Waals surface area contributed by atoms with E-state index in [1.165, 1.54) is 11.3 Å². The van der Waals surface area contributed by atoms with Gasteiger partial charge in [-0.25, -0.2) is 9.78 Å². The first kappa shape index (κ1) is 18.1. The molecule has 0 bridgehead atoms. The quantitative estimate of drug-likeness (QED) is 0.811. The average Bonchev–Trinajstić information content (AvgIpc) is 3.20. The van der Waals surface area contributed by atoms with E-state index in [-0.39, 0.29) is 25.0 Å². The number of nitrogens with zero attached hydrogens (tertiary/aromatic N) is 2. The third-order valence-electron chi connectivity index (χ3n) is 4.52. The fraction of sp³-hybridized carbons (Fsp3) is 0.556. The lowest BCUT2D eigenvalue weighted by atomic mass is 10.0. The van der Waals surface area contributed by atoms with E-state index in [2.05, 4.69) is 10.3 Å². The van der Waals surface area contributed by atoms with Crippen molar-refractivity contribution in [2.45, 2.75) is 44.9 Å². The van der Waals surface area contributed by atoms with Crippen LogP contribution in [0.25, 0.3) is 10.2 Å². The van der Waals surface area contributed by atoms with Gasteiger partial charge < -0.3 is 30.2 Å². The van der Waals surface area contributed by atoms with Crippen molar-refractivity contribution in [2.75, 3.05) is 25.2 Å². The number of rotatable bonds is 2. The van der Waals surface area contributed by atoms with Crippen molar-refractivity contribution < 1.29 is 19.0 Å². The zero-order chi connectivity index (χ0) is 19.2. The van der Waals surface area contributed by atoms with Gasteiger partial charge in [-0.2, -0.15) is 0 Å². The molecule has 0 unspecified atom stereocenters. The molecule has 0 saturated carbocycles. The van der Waals surface area contributed by atoms with Crippen LogP contribution in [0, 0.1) is 0 Å². The number of fused-ring (bicyclic) bond motifs is 3. The van der Waals surface area contributed by atoms with Crippen LogP contribution in [-0.2, 0) is 4.74 Å². The van der Waals surface area contributed by atoms with Crippen molar-refractivity contribution >= 4 is 32.8 Å². The molecule has 2 aromatic rings. The number of ether oxygens (including phenoxy) is 3. The van der Waals surface area contributed by atoms with Gasteiger partial charge in [0.25, 0.3) is 0 Å². The predicted molar refractivity (Wildman–Crippen MR) is 104 cm³/mol. The number of carbonyl (C=O) groups excluding carboxylic acids is 1. The molecule has 1 amide bonds. The SMILES string of the molecule is CC(C)(C)OC(=O)N1CC[C@H](N)[C@H](Nc2nc3c4c(ccc3s2)OCO4)C1. The molecule has 3 N–H and O–H groups in total. The van der Waals surface area contributed by atoms with E-state index in [1.807, 2.05) is 32.9 Å². The summed E-state index contributed by atoms with van der Waals surface area (Å²) >= 11 is 1.53. The number of piperidine rings is 1. The van der Waals surface area contributed by atoms with E-state index in [0.717, 1.165) is 15.3 Å². The normalized spacial score (nSPS) is 22.1. The minimum atomic E-state index is -0.519. The average molecular weight is 392 g/mol. The highest BCUT2D eigenvalue weighted by molar-refractivity contribution is 7.22. The lowest BCUT2D eigenvalue weighted by Crippen LogP contribution is -2.56. The van der Waals surface area contributed by atoms with Crippen molar-refractivity contribution in [1.82, 2.24) is 9.88 Å². The Morgan fingerprint density at radius 2 is 2.22 bits per heavy atom. The summed E-state index contributed by atoms with van der Waals surface area (Å²) in [5.41, 5.74) is 6.56. The highest BCUT2D eigenvalue weighted by atomic mass is 32.1. The van der Waals surface area contributed by atoms with Gasteiger partial charge in [0.1, 0.15) is 11.1 Å². The zero-order valence-corrected chi connectivity index (χ0v) is 16.5. The molecular weight excluding hydrogens is 368 g/mol. The highest BCUT2D eigenvalue weighted by Gasteiger charge is 2.32. The Bertz CT molecular complexity index is 863. The molecule has 0 radical (unpaired) electrons. The lowest BCUT2D eigenvalue weighted by molar-refractivity contribution is 0.0196. The molecule has 1 saturated heterocycles. The Hall–Kier alpha value is -2.26. The second-order valence-electron chi connectivity index (χ2n) is 7.79. The second-order valence-corrected chi connectivity index (χ2v) is 8.83. The summed E-state index contributed by atoms with van der Waals surface area (Å²) in [4.78, 5) is 18.7. The third kappa shape index (κ3) is 3.74. The van der Waals surface area contributed by atoms with Crippen LogP contribution in [0.4, 0.5) is 9.93 Å². The van der Waals surface area contributed by atoms with Gasteiger partial charge in [-0.1, -0.05) is 11.3 Å². The van der Waals surface area contributed by atoms with E-state index in [0.29, 0.717) is 31.0 Å². The molecule has 1 aromatic carbocycles. The number of aromatic nitrogens is 1. The molecule has 2 atom stereocenters. The van der Waals surface area contributed by atoms with Crippen molar-refractivity contribution in [3.8, 4) is 11.5 Å². The maximum atomic E-state index is 12.4. The van der Waals surface area contributed by atoms with Gasteiger partial charge in [0.2, 0.25) is 6.79 Å². The topological polar surface area (TPSA) is 98.9 Å². The molecule has 4 rings (SSSR count). The molecule has 1 fully saturated rings. The maximum Gasteiger partial charge on any atom is 0.410 e. The summed E-state index contributed by atoms with van der Waals surface area (Å²) in [6.45, 7) is 6.87. The third-order valence-corrected chi connectivity index (χ3v) is 5.47. The van der Waals surface area contributed by atoms with Crippen LogP contribution in [0.1, 0.15) is 27.2 Å². The minimum Gasteiger partial charge on any atom is -0.454 e. The number of anilines is 1. The number of carbonyl (C=O) groups is 1. The van der Waals surface area contributed by atoms with Gasteiger partial charge in [-0.3, -0.25) is 0 Å². The largest absolute Gasteiger partial charge is 0.454 e. The van der Waals surface area contributed by atoms with E-state index in [9.17, 15) is 4.79 Å². The number of thiazole rings is 1. The number of benzene rings is 1. The first-order valence-electron chi connectivity index (χ1n) is 8.99. The fourth-order valence-corrected chi connectivity index (χ4v) is 4.12. The number of hydrogen-bond donors (Lipinski definition) is 2. The Balaban J connectivity index is 1.49. The Morgan fingerprint density at radius 1 is 1.41 bits per heavy atom. The smallest absolute Gasteiger partial charge is 0.410 e. The summed E-state index contributed by atoms with van der Waals surface area (Å²) in [6.07, 6.45) is 0.391. The van der Waals surface area contributed by atoms with E-state index < -0.39 is 5.60 Å². The van der Waals surface area contributed by atoms with Crippen molar-refractivity contribution in [1.29, 1.82) is 0 Å². The number of amides is 1. The predicted octanol–water partition coefficient (Wildman–Crippen LogP) is 2.77. The fourth-order valence-electron chi connectivity index (χ4n) is 3.19. The Morgan fingerprint density at radius 3 is 3.00 bits per heavy atom. The van der Waals surface area contributed by atoms with Crippen LogP contribution in [-0.4, -0.2) is 53.5 Å². The number of nitrogens with two attached hydrogens (primary N) is 1. The van der Waals surface area contributed by atoms with Crippen LogP contribution >= 0.6 is 11.3 Å². The summed E-state index contributed by atoms with van der Waals surface area (Å²) in [5, 5.41) is 4.15. The van der Waals surface area contributed by atoms with Gasteiger partial charge >= 0.3 is 6.09 Å². The first-order chi connectivity index (χ1) is 12.8. The van der Waals surface area contributed by atoms with Crippen molar-refractivity contribution in [3.05, 3.63) is 12.1 Å². The minimum absolute atomic E-state index is 0.0685. The van der Waals surface area contributed by atoms with E-state index in [1.54, 1.807) is 4.90 Å². The first-order valence-corrected chi connectivity index (χ1v) is 9.81. The van der Waals surface area contributed by atoms with Gasteiger partial charge in [-0.05, 0) is 39.3 Å². The lowest BCUT2D eigenvalue weighted by Gasteiger charge is -2.37. The van der Waals surface area contributed by atoms with Gasteiger partial charge in [0.05, 0.1) is 10.7 Å². The van der Waals surface area contributed by atoms with Gasteiger partial charge in [0.15, 0.2) is 16.6 Å². The van der Waals surface area contributed by atoms with E-state index >= 15 is 0 Å². The summed E-state index contributed by atoms with van der Waals surface area (Å²) in [5.74, 6) is 1.39. The molecule has 2 aliphatic heterocycles. The molecule has 8 nitrogen and oxygen atoms in total. The molecule has 0 aliphatic carbocycles. The Labute approximate surface area is 161 Å². The molecule has 1 aromatic heterocycles. The summed E-state index contributed by atoms with van der Waals surface area (Å²) in [6, 6.07) is 3.70. The van der Waals surface area contributed by atoms with Gasteiger partial charge in [0, 0.05) is 19.1 Å². The molecule has 2 aliphatic rings. The number of hydrogen-bond acceptors (Lipinski definition) is 8. The monoisotopic (exact) mass is 392 g/mol. The Kier molecular flexibility index (Phi) is 4.51. The maximum absolute atomic E-state index is 12.4. The summed E-state index contributed by atoms with van der Waals surface area (Å²) in [7, 11) is 0. The molecule has 9 heteroatoms. The van der Waals surface area contributed by atoms with Gasteiger partial charge in [-0.15, -0.1) is 0 Å². The van der Waals surface area contributed by atoms with Crippen LogP contribution in [0.2, 0.25) is 0 Å². The van der Waals surface area contributed by atoms with Crippen molar-refractivity contribution in [3.63, 3.8) is 0 Å².